The maximum Gasteiger partial charge on any atom is 0.237 e. The fraction of sp³-hybridized carbons (Fsp3) is 0.412. The maximum atomic E-state index is 12.4. The molecule has 3 N–H and O–H groups in total. The summed E-state index contributed by atoms with van der Waals surface area (Å²) in [6, 6.07) is 7.33. The first-order chi connectivity index (χ1) is 13.3. The molecule has 1 unspecified atom stereocenters. The summed E-state index contributed by atoms with van der Waals surface area (Å²) in [4.78, 5) is 26.2. The topological polar surface area (TPSA) is 106 Å². The second kappa shape index (κ2) is 10.7. The van der Waals surface area contributed by atoms with Crippen LogP contribution in [-0.2, 0) is 9.59 Å². The van der Waals surface area contributed by atoms with Crippen molar-refractivity contribution in [3.63, 3.8) is 0 Å². The van der Waals surface area contributed by atoms with E-state index in [-0.39, 0.29) is 17.6 Å². The Morgan fingerprint density at radius 2 is 1.82 bits per heavy atom. The van der Waals surface area contributed by atoms with Crippen molar-refractivity contribution in [3.05, 3.63) is 28.7 Å². The molecule has 0 saturated carbocycles. The number of anilines is 1. The van der Waals surface area contributed by atoms with Gasteiger partial charge in [-0.05, 0) is 45.0 Å². The van der Waals surface area contributed by atoms with Gasteiger partial charge in [0.25, 0.3) is 0 Å². The highest BCUT2D eigenvalue weighted by atomic mass is 79.9. The standard InChI is InChI=1S/C17H23BrN6O2S2/c1-4-23(5-2)14(25)10-27-16-21-22-17(24(16)19)28-11(3)15(26)20-13-8-6-12(18)7-9-13/h6-9,11H,4-5,10,19H2,1-3H3,(H,20,26). The number of hydrogen-bond donors (Lipinski definition) is 2. The van der Waals surface area contributed by atoms with Gasteiger partial charge in [0.05, 0.1) is 11.0 Å². The molecule has 1 atom stereocenters. The van der Waals surface area contributed by atoms with E-state index in [4.69, 9.17) is 5.84 Å². The highest BCUT2D eigenvalue weighted by Crippen LogP contribution is 2.25. The number of nitrogens with one attached hydrogen (secondary N) is 1. The molecule has 0 radical (unpaired) electrons. The monoisotopic (exact) mass is 486 g/mol. The number of halogens is 1. The molecule has 152 valence electrons. The molecule has 0 bridgehead atoms. The molecular formula is C17H23BrN6O2S2. The van der Waals surface area contributed by atoms with Gasteiger partial charge in [-0.25, -0.2) is 4.68 Å². The van der Waals surface area contributed by atoms with Crippen molar-refractivity contribution in [3.8, 4) is 0 Å². The van der Waals surface area contributed by atoms with Gasteiger partial charge in [0.2, 0.25) is 22.1 Å². The normalized spacial score (nSPS) is 11.9. The zero-order valence-electron chi connectivity index (χ0n) is 15.9. The number of nitrogens with zero attached hydrogens (tertiary/aromatic N) is 4. The minimum atomic E-state index is -0.426. The lowest BCUT2D eigenvalue weighted by molar-refractivity contribution is -0.128. The van der Waals surface area contributed by atoms with Gasteiger partial charge in [0.15, 0.2) is 0 Å². The van der Waals surface area contributed by atoms with E-state index in [2.05, 4.69) is 31.4 Å². The number of thioether (sulfide) groups is 2. The Kier molecular flexibility index (Phi) is 8.64. The number of amides is 2. The van der Waals surface area contributed by atoms with Crippen LogP contribution in [0.15, 0.2) is 39.1 Å². The number of hydrogen-bond acceptors (Lipinski definition) is 7. The minimum Gasteiger partial charge on any atom is -0.343 e. The van der Waals surface area contributed by atoms with Crippen LogP contribution in [0.5, 0.6) is 0 Å². The molecule has 28 heavy (non-hydrogen) atoms. The molecule has 0 spiro atoms. The Labute approximate surface area is 181 Å². The molecular weight excluding hydrogens is 464 g/mol. The summed E-state index contributed by atoms with van der Waals surface area (Å²) in [6.45, 7) is 6.97. The molecule has 0 aliphatic rings. The number of aromatic nitrogens is 3. The third-order valence-electron chi connectivity index (χ3n) is 3.84. The third-order valence-corrected chi connectivity index (χ3v) is 6.35. The van der Waals surface area contributed by atoms with E-state index in [0.717, 1.165) is 4.47 Å². The predicted octanol–water partition coefficient (Wildman–Crippen LogP) is 2.83. The fourth-order valence-corrected chi connectivity index (χ4v) is 4.08. The molecule has 2 rings (SSSR count). The van der Waals surface area contributed by atoms with E-state index in [1.54, 1.807) is 11.8 Å². The number of carbonyl (C=O) groups excluding carboxylic acids is 2. The first-order valence-electron chi connectivity index (χ1n) is 8.69. The molecule has 0 fully saturated rings. The summed E-state index contributed by atoms with van der Waals surface area (Å²) < 4.78 is 2.25. The summed E-state index contributed by atoms with van der Waals surface area (Å²) >= 11 is 5.79. The second-order valence-corrected chi connectivity index (χ2v) is 8.91. The van der Waals surface area contributed by atoms with Crippen molar-refractivity contribution < 1.29 is 9.59 Å². The van der Waals surface area contributed by atoms with Gasteiger partial charge in [-0.3, -0.25) is 9.59 Å². The summed E-state index contributed by atoms with van der Waals surface area (Å²) in [6.07, 6.45) is 0. The smallest absolute Gasteiger partial charge is 0.237 e. The van der Waals surface area contributed by atoms with E-state index in [1.807, 2.05) is 38.1 Å². The SMILES string of the molecule is CCN(CC)C(=O)CSc1nnc(SC(C)C(=O)Nc2ccc(Br)cc2)n1N. The first kappa shape index (κ1) is 22.6. The van der Waals surface area contributed by atoms with Crippen molar-refractivity contribution in [2.75, 3.05) is 30.0 Å². The van der Waals surface area contributed by atoms with Crippen molar-refractivity contribution in [1.82, 2.24) is 19.8 Å². The number of carbonyl (C=O) groups is 2. The number of nitrogen functional groups attached to an aromatic ring is 1. The van der Waals surface area contributed by atoms with Gasteiger partial charge >= 0.3 is 0 Å². The lowest BCUT2D eigenvalue weighted by Gasteiger charge is -2.17. The summed E-state index contributed by atoms with van der Waals surface area (Å²) in [7, 11) is 0. The molecule has 0 aliphatic heterocycles. The number of nitrogens with two attached hydrogens (primary N) is 1. The van der Waals surface area contributed by atoms with Crippen molar-refractivity contribution in [2.45, 2.75) is 36.3 Å². The quantitative estimate of drug-likeness (QED) is 0.414. The van der Waals surface area contributed by atoms with E-state index < -0.39 is 5.25 Å². The van der Waals surface area contributed by atoms with Crippen molar-refractivity contribution in [2.24, 2.45) is 0 Å². The lowest BCUT2D eigenvalue weighted by Crippen LogP contribution is -2.32. The highest BCUT2D eigenvalue weighted by Gasteiger charge is 2.20. The Balaban J connectivity index is 1.92. The van der Waals surface area contributed by atoms with Crippen LogP contribution in [0.3, 0.4) is 0 Å². The highest BCUT2D eigenvalue weighted by molar-refractivity contribution is 9.10. The zero-order chi connectivity index (χ0) is 20.7. The van der Waals surface area contributed by atoms with Crippen LogP contribution in [0.1, 0.15) is 20.8 Å². The molecule has 8 nitrogen and oxygen atoms in total. The van der Waals surface area contributed by atoms with Crippen LogP contribution < -0.4 is 11.2 Å². The van der Waals surface area contributed by atoms with E-state index in [1.165, 1.54) is 28.2 Å². The average molecular weight is 487 g/mol. The molecule has 0 aliphatic carbocycles. The molecule has 1 aromatic carbocycles. The predicted molar refractivity (Wildman–Crippen MR) is 117 cm³/mol. The molecule has 1 aromatic heterocycles. The Hall–Kier alpha value is -1.72. The second-order valence-electron chi connectivity index (χ2n) is 5.75. The van der Waals surface area contributed by atoms with Gasteiger partial charge in [-0.2, -0.15) is 0 Å². The molecule has 11 heteroatoms. The minimum absolute atomic E-state index is 0.0226. The Bertz CT molecular complexity index is 810. The number of benzene rings is 1. The van der Waals surface area contributed by atoms with Crippen LogP contribution in [0.2, 0.25) is 0 Å². The van der Waals surface area contributed by atoms with Crippen LogP contribution >= 0.6 is 39.5 Å². The Morgan fingerprint density at radius 3 is 2.43 bits per heavy atom. The summed E-state index contributed by atoms with van der Waals surface area (Å²) in [5.41, 5.74) is 0.709. The van der Waals surface area contributed by atoms with E-state index in [0.29, 0.717) is 29.1 Å². The van der Waals surface area contributed by atoms with Crippen molar-refractivity contribution in [1.29, 1.82) is 0 Å². The molecule has 2 amide bonds. The van der Waals surface area contributed by atoms with Crippen LogP contribution in [-0.4, -0.2) is 55.7 Å². The first-order valence-corrected chi connectivity index (χ1v) is 11.4. The fourth-order valence-electron chi connectivity index (χ4n) is 2.23. The third kappa shape index (κ3) is 6.14. The largest absolute Gasteiger partial charge is 0.343 e. The van der Waals surface area contributed by atoms with Gasteiger partial charge in [-0.15, -0.1) is 10.2 Å². The van der Waals surface area contributed by atoms with Gasteiger partial charge in [-0.1, -0.05) is 39.5 Å². The van der Waals surface area contributed by atoms with Gasteiger partial charge < -0.3 is 16.1 Å². The maximum absolute atomic E-state index is 12.4. The summed E-state index contributed by atoms with van der Waals surface area (Å²) in [5, 5.41) is 11.3. The summed E-state index contributed by atoms with van der Waals surface area (Å²) in [5.74, 6) is 6.13. The molecule has 0 saturated heterocycles. The molecule has 1 heterocycles. The van der Waals surface area contributed by atoms with Gasteiger partial charge in [0.1, 0.15) is 0 Å². The zero-order valence-corrected chi connectivity index (χ0v) is 19.1. The van der Waals surface area contributed by atoms with Gasteiger partial charge in [0, 0.05) is 23.2 Å². The number of rotatable bonds is 9. The van der Waals surface area contributed by atoms with E-state index >= 15 is 0 Å². The average Bonchev–Trinajstić information content (AvgIpc) is 3.02. The molecule has 2 aromatic rings. The van der Waals surface area contributed by atoms with Crippen LogP contribution in [0.4, 0.5) is 5.69 Å². The van der Waals surface area contributed by atoms with E-state index in [9.17, 15) is 9.59 Å². The Morgan fingerprint density at radius 1 is 1.21 bits per heavy atom. The van der Waals surface area contributed by atoms with Crippen molar-refractivity contribution >= 4 is 57.0 Å². The van der Waals surface area contributed by atoms with Crippen LogP contribution in [0, 0.1) is 0 Å². The van der Waals surface area contributed by atoms with Crippen LogP contribution in [0.25, 0.3) is 0 Å². The lowest BCUT2D eigenvalue weighted by atomic mass is 10.3.